The van der Waals surface area contributed by atoms with Crippen molar-refractivity contribution < 1.29 is 4.79 Å². The highest BCUT2D eigenvalue weighted by Crippen LogP contribution is 2.27. The lowest BCUT2D eigenvalue weighted by Gasteiger charge is -2.08. The summed E-state index contributed by atoms with van der Waals surface area (Å²) in [5.74, 6) is 0.0217. The quantitative estimate of drug-likeness (QED) is 0.531. The number of Topliss-reactive ketones (excluding diaryl/α,β-unsaturated/α-hetero) is 1. The minimum Gasteiger partial charge on any atom is -0.294 e. The van der Waals surface area contributed by atoms with Crippen LogP contribution in [0.3, 0.4) is 0 Å². The van der Waals surface area contributed by atoms with Crippen LogP contribution in [0.15, 0.2) is 47.4 Å². The van der Waals surface area contributed by atoms with Crippen molar-refractivity contribution in [2.45, 2.75) is 17.7 Å². The zero-order valence-corrected chi connectivity index (χ0v) is 13.4. The summed E-state index contributed by atoms with van der Waals surface area (Å²) in [6.45, 7) is 0. The number of ketones is 1. The lowest BCUT2D eigenvalue weighted by Crippen LogP contribution is -2.03. The highest BCUT2D eigenvalue weighted by atomic mass is 35.5. The summed E-state index contributed by atoms with van der Waals surface area (Å²) in [5.41, 5.74) is 1.69. The fourth-order valence-electron chi connectivity index (χ4n) is 2.01. The van der Waals surface area contributed by atoms with Gasteiger partial charge in [0, 0.05) is 16.9 Å². The maximum absolute atomic E-state index is 12.2. The maximum atomic E-state index is 12.2. The summed E-state index contributed by atoms with van der Waals surface area (Å²) < 4.78 is 0. The Kier molecular flexibility index (Phi) is 5.53. The van der Waals surface area contributed by atoms with Crippen molar-refractivity contribution in [1.82, 2.24) is 0 Å². The Labute approximate surface area is 133 Å². The van der Waals surface area contributed by atoms with Crippen molar-refractivity contribution >= 4 is 40.7 Å². The molecule has 0 heterocycles. The summed E-state index contributed by atoms with van der Waals surface area (Å²) in [7, 11) is 0. The standard InChI is InChI=1S/C16H14Cl2OS/c1-20-15-8-3-2-5-11(15)9-10-14(19)12-6-4-7-13(17)16(12)18/h2-8H,9-10H2,1H3. The number of benzene rings is 2. The Morgan fingerprint density at radius 1 is 1.10 bits per heavy atom. The minimum absolute atomic E-state index is 0.0217. The van der Waals surface area contributed by atoms with E-state index in [0.29, 0.717) is 28.5 Å². The molecule has 104 valence electrons. The molecular formula is C16H14Cl2OS. The van der Waals surface area contributed by atoms with Crippen LogP contribution in [0.4, 0.5) is 0 Å². The maximum Gasteiger partial charge on any atom is 0.164 e. The molecule has 0 N–H and O–H groups in total. The van der Waals surface area contributed by atoms with Gasteiger partial charge in [0.15, 0.2) is 5.78 Å². The highest BCUT2D eigenvalue weighted by molar-refractivity contribution is 7.98. The SMILES string of the molecule is CSc1ccccc1CCC(=O)c1cccc(Cl)c1Cl. The average molecular weight is 325 g/mol. The fraction of sp³-hybridized carbons (Fsp3) is 0.188. The van der Waals surface area contributed by atoms with E-state index in [9.17, 15) is 4.79 Å². The average Bonchev–Trinajstić information content (AvgIpc) is 2.48. The van der Waals surface area contributed by atoms with Crippen molar-refractivity contribution in [3.8, 4) is 0 Å². The molecule has 0 radical (unpaired) electrons. The van der Waals surface area contributed by atoms with Gasteiger partial charge in [0.1, 0.15) is 0 Å². The third kappa shape index (κ3) is 3.57. The van der Waals surface area contributed by atoms with Gasteiger partial charge >= 0.3 is 0 Å². The van der Waals surface area contributed by atoms with Gasteiger partial charge in [-0.05, 0) is 36.4 Å². The summed E-state index contributed by atoms with van der Waals surface area (Å²) in [6, 6.07) is 13.3. The first-order valence-electron chi connectivity index (χ1n) is 6.22. The van der Waals surface area contributed by atoms with Gasteiger partial charge in [-0.25, -0.2) is 0 Å². The molecule has 20 heavy (non-hydrogen) atoms. The van der Waals surface area contributed by atoms with Crippen molar-refractivity contribution in [3.63, 3.8) is 0 Å². The molecule has 0 atom stereocenters. The molecule has 0 saturated heterocycles. The number of rotatable bonds is 5. The predicted octanol–water partition coefficient (Wildman–Crippen LogP) is 5.53. The third-order valence-corrected chi connectivity index (χ3v) is 4.72. The van der Waals surface area contributed by atoms with E-state index in [0.717, 1.165) is 0 Å². The van der Waals surface area contributed by atoms with Crippen molar-refractivity contribution in [1.29, 1.82) is 0 Å². The fourth-order valence-corrected chi connectivity index (χ4v) is 3.06. The number of aryl methyl sites for hydroxylation is 1. The molecule has 0 amide bonds. The normalized spacial score (nSPS) is 10.6. The number of thioether (sulfide) groups is 1. The second-order valence-electron chi connectivity index (χ2n) is 4.34. The third-order valence-electron chi connectivity index (χ3n) is 3.07. The predicted molar refractivity (Wildman–Crippen MR) is 87.3 cm³/mol. The minimum atomic E-state index is 0.0217. The van der Waals surface area contributed by atoms with Crippen LogP contribution >= 0.6 is 35.0 Å². The topological polar surface area (TPSA) is 17.1 Å². The Morgan fingerprint density at radius 3 is 2.60 bits per heavy atom. The number of carbonyl (C=O) groups excluding carboxylic acids is 1. The molecule has 0 unspecified atom stereocenters. The van der Waals surface area contributed by atoms with Gasteiger partial charge in [-0.15, -0.1) is 11.8 Å². The monoisotopic (exact) mass is 324 g/mol. The Morgan fingerprint density at radius 2 is 1.85 bits per heavy atom. The Bertz CT molecular complexity index is 626. The molecular weight excluding hydrogens is 311 g/mol. The van der Waals surface area contributed by atoms with Gasteiger partial charge in [0.05, 0.1) is 10.0 Å². The van der Waals surface area contributed by atoms with Crippen LogP contribution in [0.5, 0.6) is 0 Å². The lowest BCUT2D eigenvalue weighted by atomic mass is 10.0. The molecule has 0 spiro atoms. The van der Waals surface area contributed by atoms with Crippen molar-refractivity contribution in [2.75, 3.05) is 6.26 Å². The molecule has 0 aliphatic heterocycles. The van der Waals surface area contributed by atoms with E-state index in [2.05, 4.69) is 12.1 Å². The van der Waals surface area contributed by atoms with Gasteiger partial charge < -0.3 is 0 Å². The van der Waals surface area contributed by atoms with Crippen LogP contribution in [0, 0.1) is 0 Å². The van der Waals surface area contributed by atoms with Crippen LogP contribution in [0.25, 0.3) is 0 Å². The molecule has 1 nitrogen and oxygen atoms in total. The van der Waals surface area contributed by atoms with Gasteiger partial charge in [0.2, 0.25) is 0 Å². The van der Waals surface area contributed by atoms with Crippen LogP contribution in [-0.2, 0) is 6.42 Å². The number of hydrogen-bond donors (Lipinski definition) is 0. The summed E-state index contributed by atoms with van der Waals surface area (Å²) in [6.07, 6.45) is 3.17. The molecule has 0 aliphatic carbocycles. The van der Waals surface area contributed by atoms with Crippen LogP contribution in [-0.4, -0.2) is 12.0 Å². The summed E-state index contributed by atoms with van der Waals surface area (Å²) in [5, 5.41) is 0.763. The van der Waals surface area contributed by atoms with Crippen LogP contribution in [0.2, 0.25) is 10.0 Å². The molecule has 4 heteroatoms. The largest absolute Gasteiger partial charge is 0.294 e. The van der Waals surface area contributed by atoms with Gasteiger partial charge in [-0.3, -0.25) is 4.79 Å². The van der Waals surface area contributed by atoms with Gasteiger partial charge in [0.25, 0.3) is 0 Å². The van der Waals surface area contributed by atoms with E-state index < -0.39 is 0 Å². The van der Waals surface area contributed by atoms with E-state index in [1.54, 1.807) is 30.0 Å². The molecule has 2 rings (SSSR count). The van der Waals surface area contributed by atoms with Crippen LogP contribution in [0.1, 0.15) is 22.3 Å². The van der Waals surface area contributed by atoms with Crippen LogP contribution < -0.4 is 0 Å². The summed E-state index contributed by atoms with van der Waals surface area (Å²) in [4.78, 5) is 13.4. The number of halogens is 2. The molecule has 2 aromatic carbocycles. The molecule has 0 fully saturated rings. The van der Waals surface area contributed by atoms with E-state index in [1.807, 2.05) is 18.4 Å². The first-order valence-corrected chi connectivity index (χ1v) is 8.20. The molecule has 0 aromatic heterocycles. The molecule has 0 saturated carbocycles. The summed E-state index contributed by atoms with van der Waals surface area (Å²) >= 11 is 13.7. The first kappa shape index (κ1) is 15.4. The Hall–Kier alpha value is -0.960. The number of hydrogen-bond acceptors (Lipinski definition) is 2. The van der Waals surface area contributed by atoms with Gasteiger partial charge in [-0.2, -0.15) is 0 Å². The second kappa shape index (κ2) is 7.16. The van der Waals surface area contributed by atoms with E-state index in [-0.39, 0.29) is 5.78 Å². The lowest BCUT2D eigenvalue weighted by molar-refractivity contribution is 0.0983. The first-order chi connectivity index (χ1) is 9.63. The zero-order valence-electron chi connectivity index (χ0n) is 11.0. The zero-order chi connectivity index (χ0) is 14.5. The molecule has 0 bridgehead atoms. The second-order valence-corrected chi connectivity index (χ2v) is 5.97. The smallest absolute Gasteiger partial charge is 0.164 e. The molecule has 2 aromatic rings. The molecule has 0 aliphatic rings. The van der Waals surface area contributed by atoms with Crippen molar-refractivity contribution in [2.24, 2.45) is 0 Å². The van der Waals surface area contributed by atoms with E-state index >= 15 is 0 Å². The number of carbonyl (C=O) groups is 1. The van der Waals surface area contributed by atoms with E-state index in [1.165, 1.54) is 10.5 Å². The highest BCUT2D eigenvalue weighted by Gasteiger charge is 2.13. The Balaban J connectivity index is 2.11. The van der Waals surface area contributed by atoms with Crippen molar-refractivity contribution in [3.05, 3.63) is 63.6 Å². The van der Waals surface area contributed by atoms with Gasteiger partial charge in [-0.1, -0.05) is 47.5 Å². The van der Waals surface area contributed by atoms with E-state index in [4.69, 9.17) is 23.2 Å².